The van der Waals surface area contributed by atoms with Crippen molar-refractivity contribution in [3.8, 4) is 0 Å². The maximum Gasteiger partial charge on any atom is 0.321 e. The van der Waals surface area contributed by atoms with Gasteiger partial charge < -0.3 is 21.1 Å². The van der Waals surface area contributed by atoms with Gasteiger partial charge in [0, 0.05) is 17.4 Å². The minimum atomic E-state index is -1.09. The van der Waals surface area contributed by atoms with Crippen molar-refractivity contribution < 1.29 is 24.9 Å². The first kappa shape index (κ1) is 28.2. The van der Waals surface area contributed by atoms with E-state index < -0.39 is 24.1 Å². The van der Waals surface area contributed by atoms with Crippen LogP contribution in [0.3, 0.4) is 0 Å². The molecule has 0 aliphatic rings. The molecule has 0 aliphatic heterocycles. The van der Waals surface area contributed by atoms with Gasteiger partial charge in [-0.25, -0.2) is 0 Å². The fraction of sp³-hybridized carbons (Fsp3) is 0.565. The van der Waals surface area contributed by atoms with Crippen LogP contribution in [0, 0.1) is 0 Å². The maximum atomic E-state index is 10.9. The van der Waals surface area contributed by atoms with E-state index in [1.165, 1.54) is 31.0 Å². The highest BCUT2D eigenvalue weighted by molar-refractivity contribution is 8.00. The predicted molar refractivity (Wildman–Crippen MR) is 125 cm³/mol. The fourth-order valence-corrected chi connectivity index (χ4v) is 3.60. The third kappa shape index (κ3) is 17.1. The number of carboxylic acid groups (broad SMARTS) is 2. The van der Waals surface area contributed by atoms with Crippen LogP contribution in [0.2, 0.25) is 0 Å². The molecule has 0 spiro atoms. The fourth-order valence-electron chi connectivity index (χ4n) is 2.47. The highest BCUT2D eigenvalue weighted by atomic mass is 32.2. The minimum absolute atomic E-state index is 0.00938. The largest absolute Gasteiger partial charge is 0.481 e. The summed E-state index contributed by atoms with van der Waals surface area (Å²) < 4.78 is 0. The van der Waals surface area contributed by atoms with Crippen LogP contribution in [0.4, 0.5) is 0 Å². The third-order valence-corrected chi connectivity index (χ3v) is 5.65. The van der Waals surface area contributed by atoms with Crippen LogP contribution in [-0.4, -0.2) is 50.4 Å². The van der Waals surface area contributed by atoms with Gasteiger partial charge in [-0.15, -0.1) is 11.8 Å². The van der Waals surface area contributed by atoms with Crippen LogP contribution in [0.25, 0.3) is 0 Å². The van der Waals surface area contributed by atoms with Crippen LogP contribution in [-0.2, 0) is 9.59 Å². The first-order valence-electron chi connectivity index (χ1n) is 10.5. The molecular formula is C23H37NO5S. The lowest BCUT2D eigenvalue weighted by atomic mass is 10.1. The van der Waals surface area contributed by atoms with Gasteiger partial charge in [-0.2, -0.15) is 0 Å². The zero-order chi connectivity index (χ0) is 22.6. The van der Waals surface area contributed by atoms with Crippen LogP contribution >= 0.6 is 11.8 Å². The molecule has 0 saturated heterocycles. The van der Waals surface area contributed by atoms with Gasteiger partial charge in [-0.3, -0.25) is 9.59 Å². The van der Waals surface area contributed by atoms with E-state index >= 15 is 0 Å². The molecule has 0 bridgehead atoms. The number of aliphatic hydroxyl groups is 1. The number of carbonyl (C=O) groups is 2. The van der Waals surface area contributed by atoms with Crippen molar-refractivity contribution in [3.05, 3.63) is 48.6 Å². The summed E-state index contributed by atoms with van der Waals surface area (Å²) in [5, 5.41) is 27.6. The lowest BCUT2D eigenvalue weighted by Crippen LogP contribution is -2.34. The third-order valence-electron chi connectivity index (χ3n) is 4.24. The molecule has 5 N–H and O–H groups in total. The van der Waals surface area contributed by atoms with E-state index in [2.05, 4.69) is 25.2 Å². The Labute approximate surface area is 184 Å². The standard InChI is InChI=1S/C23H37NO5S/c1-2-3-4-5-6-7-8-9-10-11-12-13-16-21(30-18-19(24)23(28)29)20(25)15-14-17-22(26)27/h6-7,9-13,16,19-21,25H,2-5,8,14-15,17-18,24H2,1H3,(H,26,27)(H,28,29)/b7-6-,10-9-,12-11+,16-13+/t19-,20+,21-/m0/s1. The second-order valence-corrected chi connectivity index (χ2v) is 8.21. The minimum Gasteiger partial charge on any atom is -0.481 e. The first-order chi connectivity index (χ1) is 14.4. The normalized spacial score (nSPS) is 15.4. The van der Waals surface area contributed by atoms with E-state index in [-0.39, 0.29) is 17.4 Å². The molecule has 0 aromatic carbocycles. The Morgan fingerprint density at radius 2 is 1.73 bits per heavy atom. The molecule has 30 heavy (non-hydrogen) atoms. The number of aliphatic carboxylic acids is 2. The lowest BCUT2D eigenvalue weighted by molar-refractivity contribution is -0.138. The zero-order valence-corrected chi connectivity index (χ0v) is 18.7. The van der Waals surface area contributed by atoms with E-state index in [9.17, 15) is 14.7 Å². The Balaban J connectivity index is 4.51. The molecule has 6 nitrogen and oxygen atoms in total. The van der Waals surface area contributed by atoms with Crippen molar-refractivity contribution in [3.63, 3.8) is 0 Å². The van der Waals surface area contributed by atoms with Crippen molar-refractivity contribution in [2.45, 2.75) is 75.7 Å². The van der Waals surface area contributed by atoms with E-state index in [1.54, 1.807) is 12.2 Å². The first-order valence-corrected chi connectivity index (χ1v) is 11.6. The molecule has 0 aliphatic carbocycles. The molecule has 0 aromatic heterocycles. The van der Waals surface area contributed by atoms with Gasteiger partial charge in [0.05, 0.1) is 6.10 Å². The number of rotatable bonds is 18. The molecule has 7 heteroatoms. The quantitative estimate of drug-likeness (QED) is 0.143. The summed E-state index contributed by atoms with van der Waals surface area (Å²) in [6.45, 7) is 2.19. The average molecular weight is 440 g/mol. The predicted octanol–water partition coefficient (Wildman–Crippen LogP) is 4.31. The molecule has 0 radical (unpaired) electrons. The van der Waals surface area contributed by atoms with Gasteiger partial charge in [0.1, 0.15) is 6.04 Å². The summed E-state index contributed by atoms with van der Waals surface area (Å²) in [6, 6.07) is -1.01. The van der Waals surface area contributed by atoms with Gasteiger partial charge in [0.2, 0.25) is 0 Å². The van der Waals surface area contributed by atoms with Crippen LogP contribution in [0.5, 0.6) is 0 Å². The van der Waals surface area contributed by atoms with Crippen molar-refractivity contribution in [2.75, 3.05) is 5.75 Å². The van der Waals surface area contributed by atoms with E-state index in [4.69, 9.17) is 15.9 Å². The molecule has 0 rings (SSSR count). The van der Waals surface area contributed by atoms with Gasteiger partial charge in [0.25, 0.3) is 0 Å². The highest BCUT2D eigenvalue weighted by Gasteiger charge is 2.20. The van der Waals surface area contributed by atoms with Crippen LogP contribution in [0.15, 0.2) is 48.6 Å². The Morgan fingerprint density at radius 3 is 2.40 bits per heavy atom. The number of hydrogen-bond donors (Lipinski definition) is 4. The summed E-state index contributed by atoms with van der Waals surface area (Å²) in [5.41, 5.74) is 5.54. The second kappa shape index (κ2) is 19.2. The van der Waals surface area contributed by atoms with Crippen LogP contribution < -0.4 is 5.73 Å². The molecule has 170 valence electrons. The van der Waals surface area contributed by atoms with Crippen molar-refractivity contribution >= 4 is 23.7 Å². The number of nitrogens with two attached hydrogens (primary N) is 1. The Morgan fingerprint density at radius 1 is 1.00 bits per heavy atom. The number of thioether (sulfide) groups is 1. The number of aliphatic hydroxyl groups excluding tert-OH is 1. The van der Waals surface area contributed by atoms with Crippen molar-refractivity contribution in [1.29, 1.82) is 0 Å². The lowest BCUT2D eigenvalue weighted by Gasteiger charge is -2.20. The molecular weight excluding hydrogens is 402 g/mol. The summed E-state index contributed by atoms with van der Waals surface area (Å²) in [7, 11) is 0. The van der Waals surface area contributed by atoms with Crippen LogP contribution in [0.1, 0.15) is 58.3 Å². The summed E-state index contributed by atoms with van der Waals surface area (Å²) in [6.07, 6.45) is 21.3. The SMILES string of the molecule is CCCCC/C=C\C\C=C/C=C/C=C/[C@H](SC[C@H](N)C(=O)O)[C@H](O)CCCC(=O)O. The smallest absolute Gasteiger partial charge is 0.321 e. The maximum absolute atomic E-state index is 10.9. The monoisotopic (exact) mass is 439 g/mol. The molecule has 0 amide bonds. The van der Waals surface area contributed by atoms with Crippen molar-refractivity contribution in [2.24, 2.45) is 5.73 Å². The van der Waals surface area contributed by atoms with Gasteiger partial charge in [-0.1, -0.05) is 68.4 Å². The Kier molecular flexibility index (Phi) is 18.0. The summed E-state index contributed by atoms with van der Waals surface area (Å²) in [4.78, 5) is 21.5. The molecule has 0 fully saturated rings. The summed E-state index contributed by atoms with van der Waals surface area (Å²) in [5.74, 6) is -1.83. The van der Waals surface area contributed by atoms with E-state index in [0.717, 1.165) is 12.8 Å². The topological polar surface area (TPSA) is 121 Å². The number of unbranched alkanes of at least 4 members (excludes halogenated alkanes) is 3. The van der Waals surface area contributed by atoms with Gasteiger partial charge >= 0.3 is 11.9 Å². The Hall–Kier alpha value is -1.83. The Bertz CT molecular complexity index is 586. The van der Waals surface area contributed by atoms with E-state index in [0.29, 0.717) is 12.8 Å². The number of allylic oxidation sites excluding steroid dienone is 7. The molecule has 3 atom stereocenters. The summed E-state index contributed by atoms with van der Waals surface area (Å²) >= 11 is 1.26. The second-order valence-electron chi connectivity index (χ2n) is 7.00. The molecule has 0 aromatic rings. The number of carboxylic acids is 2. The van der Waals surface area contributed by atoms with Gasteiger partial charge in [0.15, 0.2) is 0 Å². The van der Waals surface area contributed by atoms with Gasteiger partial charge in [-0.05, 0) is 32.1 Å². The number of hydrogen-bond acceptors (Lipinski definition) is 5. The average Bonchev–Trinajstić information content (AvgIpc) is 2.70. The highest BCUT2D eigenvalue weighted by Crippen LogP contribution is 2.21. The van der Waals surface area contributed by atoms with E-state index in [1.807, 2.05) is 18.2 Å². The molecule has 0 heterocycles. The van der Waals surface area contributed by atoms with Crippen molar-refractivity contribution in [1.82, 2.24) is 0 Å². The molecule has 0 unspecified atom stereocenters. The molecule has 0 saturated carbocycles. The zero-order valence-electron chi connectivity index (χ0n) is 17.9.